The second-order valence-corrected chi connectivity index (χ2v) is 5.56. The highest BCUT2D eigenvalue weighted by Crippen LogP contribution is 2.21. The van der Waals surface area contributed by atoms with Crippen LogP contribution in [0.1, 0.15) is 11.3 Å². The van der Waals surface area contributed by atoms with Gasteiger partial charge in [-0.25, -0.2) is 4.39 Å². The lowest BCUT2D eigenvalue weighted by molar-refractivity contribution is 0.266. The standard InChI is InChI=1S/C18H18FN3O2/c1-22(11-13-3-4-18(23-2)16(19)9-13)12-15-10-17(21-24-15)14-5-7-20-8-6-14/h3-10H,11-12H2,1-2H3. The summed E-state index contributed by atoms with van der Waals surface area (Å²) in [5, 5.41) is 4.08. The van der Waals surface area contributed by atoms with Crippen molar-refractivity contribution in [1.29, 1.82) is 0 Å². The molecule has 1 aromatic carbocycles. The highest BCUT2D eigenvalue weighted by atomic mass is 19.1. The van der Waals surface area contributed by atoms with E-state index in [0.29, 0.717) is 13.1 Å². The number of hydrogen-bond donors (Lipinski definition) is 0. The van der Waals surface area contributed by atoms with E-state index in [9.17, 15) is 4.39 Å². The van der Waals surface area contributed by atoms with Crippen molar-refractivity contribution in [3.05, 3.63) is 65.9 Å². The van der Waals surface area contributed by atoms with Crippen molar-refractivity contribution >= 4 is 0 Å². The van der Waals surface area contributed by atoms with E-state index in [0.717, 1.165) is 22.6 Å². The monoisotopic (exact) mass is 327 g/mol. The number of halogens is 1. The fourth-order valence-corrected chi connectivity index (χ4v) is 2.49. The van der Waals surface area contributed by atoms with Crippen LogP contribution in [-0.2, 0) is 13.1 Å². The quantitative estimate of drug-likeness (QED) is 0.693. The van der Waals surface area contributed by atoms with Gasteiger partial charge < -0.3 is 9.26 Å². The summed E-state index contributed by atoms with van der Waals surface area (Å²) in [6.45, 7) is 1.16. The van der Waals surface area contributed by atoms with Gasteiger partial charge in [-0.1, -0.05) is 11.2 Å². The normalized spacial score (nSPS) is 11.0. The number of nitrogens with zero attached hydrogens (tertiary/aromatic N) is 3. The maximum Gasteiger partial charge on any atom is 0.165 e. The van der Waals surface area contributed by atoms with Crippen LogP contribution in [0.25, 0.3) is 11.3 Å². The van der Waals surface area contributed by atoms with Crippen LogP contribution in [0.2, 0.25) is 0 Å². The fraction of sp³-hybridized carbons (Fsp3) is 0.222. The Bertz CT molecular complexity index is 805. The Morgan fingerprint density at radius 3 is 2.62 bits per heavy atom. The van der Waals surface area contributed by atoms with Crippen LogP contribution in [0.15, 0.2) is 53.3 Å². The summed E-state index contributed by atoms with van der Waals surface area (Å²) in [4.78, 5) is 6.01. The van der Waals surface area contributed by atoms with Gasteiger partial charge >= 0.3 is 0 Å². The van der Waals surface area contributed by atoms with Gasteiger partial charge in [0.25, 0.3) is 0 Å². The van der Waals surface area contributed by atoms with Crippen LogP contribution in [0, 0.1) is 5.82 Å². The van der Waals surface area contributed by atoms with E-state index in [4.69, 9.17) is 9.26 Å². The zero-order valence-electron chi connectivity index (χ0n) is 13.6. The second kappa shape index (κ2) is 7.23. The van der Waals surface area contributed by atoms with Crippen LogP contribution in [0.4, 0.5) is 4.39 Å². The van der Waals surface area contributed by atoms with E-state index in [1.165, 1.54) is 13.2 Å². The molecule has 0 radical (unpaired) electrons. The van der Waals surface area contributed by atoms with Gasteiger partial charge in [-0.15, -0.1) is 0 Å². The van der Waals surface area contributed by atoms with Gasteiger partial charge in [0.15, 0.2) is 17.3 Å². The molecule has 0 aliphatic heterocycles. The minimum Gasteiger partial charge on any atom is -0.494 e. The molecule has 2 aromatic heterocycles. The van der Waals surface area contributed by atoms with Crippen LogP contribution in [-0.4, -0.2) is 29.2 Å². The zero-order chi connectivity index (χ0) is 16.9. The summed E-state index contributed by atoms with van der Waals surface area (Å²) in [5.41, 5.74) is 2.60. The third-order valence-corrected chi connectivity index (χ3v) is 3.63. The van der Waals surface area contributed by atoms with E-state index in [1.807, 2.05) is 36.2 Å². The summed E-state index contributed by atoms with van der Waals surface area (Å²) < 4.78 is 24.1. The summed E-state index contributed by atoms with van der Waals surface area (Å²) in [6, 6.07) is 10.6. The highest BCUT2D eigenvalue weighted by Gasteiger charge is 2.10. The van der Waals surface area contributed by atoms with Gasteiger partial charge in [-0.3, -0.25) is 9.88 Å². The molecule has 124 valence electrons. The molecule has 3 aromatic rings. The average Bonchev–Trinajstić information content (AvgIpc) is 3.04. The molecule has 0 spiro atoms. The van der Waals surface area contributed by atoms with E-state index >= 15 is 0 Å². The minimum atomic E-state index is -0.358. The SMILES string of the molecule is COc1ccc(CN(C)Cc2cc(-c3ccncc3)no2)cc1F. The number of benzene rings is 1. The molecule has 0 fully saturated rings. The Hall–Kier alpha value is -2.73. The van der Waals surface area contributed by atoms with Crippen molar-refractivity contribution in [1.82, 2.24) is 15.0 Å². The van der Waals surface area contributed by atoms with E-state index < -0.39 is 0 Å². The van der Waals surface area contributed by atoms with E-state index in [2.05, 4.69) is 10.1 Å². The van der Waals surface area contributed by atoms with Gasteiger partial charge in [0.2, 0.25) is 0 Å². The molecule has 24 heavy (non-hydrogen) atoms. The van der Waals surface area contributed by atoms with E-state index in [1.54, 1.807) is 18.5 Å². The Balaban J connectivity index is 1.64. The first-order chi connectivity index (χ1) is 11.7. The van der Waals surface area contributed by atoms with Gasteiger partial charge in [-0.2, -0.15) is 0 Å². The maximum absolute atomic E-state index is 13.7. The first kappa shape index (κ1) is 16.1. The Labute approximate surface area is 139 Å². The highest BCUT2D eigenvalue weighted by molar-refractivity contribution is 5.57. The van der Waals surface area contributed by atoms with Gasteiger partial charge in [-0.05, 0) is 36.9 Å². The van der Waals surface area contributed by atoms with Crippen LogP contribution >= 0.6 is 0 Å². The van der Waals surface area contributed by atoms with E-state index in [-0.39, 0.29) is 11.6 Å². The Kier molecular flexibility index (Phi) is 4.86. The molecular weight excluding hydrogens is 309 g/mol. The number of rotatable bonds is 6. The van der Waals surface area contributed by atoms with Gasteiger partial charge in [0, 0.05) is 30.6 Å². The third-order valence-electron chi connectivity index (χ3n) is 3.63. The topological polar surface area (TPSA) is 51.4 Å². The second-order valence-electron chi connectivity index (χ2n) is 5.56. The van der Waals surface area contributed by atoms with Gasteiger partial charge in [0.1, 0.15) is 5.69 Å². The van der Waals surface area contributed by atoms with Gasteiger partial charge in [0.05, 0.1) is 13.7 Å². The molecule has 0 saturated heterocycles. The summed E-state index contributed by atoms with van der Waals surface area (Å²) in [7, 11) is 3.39. The van der Waals surface area contributed by atoms with Crippen LogP contribution < -0.4 is 4.74 Å². The molecule has 0 N–H and O–H groups in total. The number of hydrogen-bond acceptors (Lipinski definition) is 5. The maximum atomic E-state index is 13.7. The van der Waals surface area contributed by atoms with Crippen molar-refractivity contribution in [2.45, 2.75) is 13.1 Å². The van der Waals surface area contributed by atoms with Crippen molar-refractivity contribution in [2.24, 2.45) is 0 Å². The first-order valence-electron chi connectivity index (χ1n) is 7.52. The molecule has 2 heterocycles. The fourth-order valence-electron chi connectivity index (χ4n) is 2.49. The number of methoxy groups -OCH3 is 1. The minimum absolute atomic E-state index is 0.249. The molecule has 0 aliphatic rings. The Morgan fingerprint density at radius 2 is 1.92 bits per heavy atom. The molecule has 0 saturated carbocycles. The number of aromatic nitrogens is 2. The molecule has 0 aliphatic carbocycles. The van der Waals surface area contributed by atoms with Crippen LogP contribution in [0.3, 0.4) is 0 Å². The molecular formula is C18H18FN3O2. The molecule has 6 heteroatoms. The zero-order valence-corrected chi connectivity index (χ0v) is 13.6. The lowest BCUT2D eigenvalue weighted by Crippen LogP contribution is -2.17. The number of pyridine rings is 1. The lowest BCUT2D eigenvalue weighted by Gasteiger charge is -2.15. The molecule has 0 unspecified atom stereocenters. The van der Waals surface area contributed by atoms with Crippen molar-refractivity contribution in [3.63, 3.8) is 0 Å². The van der Waals surface area contributed by atoms with Crippen LogP contribution in [0.5, 0.6) is 5.75 Å². The average molecular weight is 327 g/mol. The smallest absolute Gasteiger partial charge is 0.165 e. The van der Waals surface area contributed by atoms with Crippen molar-refractivity contribution in [2.75, 3.05) is 14.2 Å². The predicted octanol–water partition coefficient (Wildman–Crippen LogP) is 3.52. The molecule has 5 nitrogen and oxygen atoms in total. The van der Waals surface area contributed by atoms with Crippen molar-refractivity contribution in [3.8, 4) is 17.0 Å². The largest absolute Gasteiger partial charge is 0.494 e. The van der Waals surface area contributed by atoms with Crippen molar-refractivity contribution < 1.29 is 13.7 Å². The Morgan fingerprint density at radius 1 is 1.12 bits per heavy atom. The predicted molar refractivity (Wildman–Crippen MR) is 87.9 cm³/mol. The summed E-state index contributed by atoms with van der Waals surface area (Å²) in [5.74, 6) is 0.639. The molecule has 3 rings (SSSR count). The third kappa shape index (κ3) is 3.78. The summed E-state index contributed by atoms with van der Waals surface area (Å²) >= 11 is 0. The lowest BCUT2D eigenvalue weighted by atomic mass is 10.2. The molecule has 0 atom stereocenters. The summed E-state index contributed by atoms with van der Waals surface area (Å²) in [6.07, 6.45) is 3.43. The molecule has 0 bridgehead atoms. The first-order valence-corrected chi connectivity index (χ1v) is 7.52. The molecule has 0 amide bonds. The number of ether oxygens (including phenoxy) is 1.